The number of ketones is 1. The van der Waals surface area contributed by atoms with Crippen LogP contribution >= 0.6 is 23.2 Å². The fourth-order valence-corrected chi connectivity index (χ4v) is 4.37. The van der Waals surface area contributed by atoms with E-state index in [0.717, 1.165) is 19.1 Å². The van der Waals surface area contributed by atoms with Crippen molar-refractivity contribution in [2.24, 2.45) is 5.92 Å². The lowest BCUT2D eigenvalue weighted by molar-refractivity contribution is -0.140. The van der Waals surface area contributed by atoms with Crippen molar-refractivity contribution in [3.05, 3.63) is 80.3 Å². The van der Waals surface area contributed by atoms with Crippen LogP contribution in [0.5, 0.6) is 0 Å². The van der Waals surface area contributed by atoms with Gasteiger partial charge in [-0.25, -0.2) is 4.39 Å². The molecule has 0 aliphatic carbocycles. The van der Waals surface area contributed by atoms with Gasteiger partial charge in [-0.3, -0.25) is 9.59 Å². The van der Waals surface area contributed by atoms with Gasteiger partial charge in [0.15, 0.2) is 5.78 Å². The van der Waals surface area contributed by atoms with Crippen molar-refractivity contribution in [3.8, 4) is 0 Å². The van der Waals surface area contributed by atoms with Crippen LogP contribution in [-0.4, -0.2) is 30.6 Å². The van der Waals surface area contributed by atoms with Gasteiger partial charge in [0, 0.05) is 39.1 Å². The van der Waals surface area contributed by atoms with Crippen LogP contribution in [0.2, 0.25) is 10.0 Å². The van der Waals surface area contributed by atoms with Crippen LogP contribution in [0.3, 0.4) is 0 Å². The third-order valence-corrected chi connectivity index (χ3v) is 6.39. The van der Waals surface area contributed by atoms with E-state index < -0.39 is 83.1 Å². The number of alkyl halides is 9. The highest BCUT2D eigenvalue weighted by Crippen LogP contribution is 2.42. The summed E-state index contributed by atoms with van der Waals surface area (Å²) in [5.41, 5.74) is -4.13. The fourth-order valence-electron chi connectivity index (χ4n) is 3.74. The quantitative estimate of drug-likeness (QED) is 0.217. The van der Waals surface area contributed by atoms with Crippen LogP contribution < -0.4 is 5.32 Å². The van der Waals surface area contributed by atoms with Crippen molar-refractivity contribution in [3.63, 3.8) is 0 Å². The molecule has 230 valence electrons. The minimum Gasteiger partial charge on any atom is -0.347 e. The summed E-state index contributed by atoms with van der Waals surface area (Å²) in [4.78, 5) is 24.4. The summed E-state index contributed by atoms with van der Waals surface area (Å²) < 4.78 is 135. The van der Waals surface area contributed by atoms with Crippen LogP contribution in [0.1, 0.15) is 58.8 Å². The third-order valence-electron chi connectivity index (χ3n) is 5.76. The van der Waals surface area contributed by atoms with Gasteiger partial charge in [-0.05, 0) is 36.8 Å². The number of amides is 1. The number of carbonyl (C=O) groups excluding carboxylic acids is 2. The Morgan fingerprint density at radius 2 is 1.52 bits per heavy atom. The molecule has 1 amide bonds. The first kappa shape index (κ1) is 35.1. The topological polar surface area (TPSA) is 46.2 Å². The van der Waals surface area contributed by atoms with Gasteiger partial charge in [0.2, 0.25) is 5.91 Å². The van der Waals surface area contributed by atoms with Gasteiger partial charge in [0.1, 0.15) is 18.3 Å². The van der Waals surface area contributed by atoms with E-state index in [4.69, 9.17) is 23.2 Å². The molecule has 2 aromatic rings. The molecule has 1 unspecified atom stereocenters. The number of hydrogen-bond donors (Lipinski definition) is 1. The van der Waals surface area contributed by atoms with E-state index >= 15 is 4.39 Å². The molecule has 0 heterocycles. The van der Waals surface area contributed by atoms with E-state index in [2.05, 4.69) is 0 Å². The number of halogens is 12. The maximum atomic E-state index is 15.1. The summed E-state index contributed by atoms with van der Waals surface area (Å²) in [6.45, 7) is 0.880. The zero-order valence-corrected chi connectivity index (χ0v) is 23.1. The number of hydrogen-bond acceptors (Lipinski definition) is 2. The van der Waals surface area contributed by atoms with Gasteiger partial charge < -0.3 is 5.32 Å². The van der Waals surface area contributed by atoms with Crippen molar-refractivity contribution in [1.82, 2.24) is 5.32 Å². The number of allylic oxidation sites excluding steroid dienone is 2. The van der Waals surface area contributed by atoms with E-state index in [1.54, 1.807) is 6.92 Å². The molecule has 1 N–H and O–H groups in total. The molecule has 42 heavy (non-hydrogen) atoms. The van der Waals surface area contributed by atoms with Gasteiger partial charge in [-0.1, -0.05) is 54.4 Å². The van der Waals surface area contributed by atoms with Gasteiger partial charge in [0.25, 0.3) is 0 Å². The van der Waals surface area contributed by atoms with Crippen LogP contribution in [0.25, 0.3) is 11.9 Å². The summed E-state index contributed by atoms with van der Waals surface area (Å²) in [6.07, 6.45) is -13.2. The van der Waals surface area contributed by atoms with Crippen molar-refractivity contribution >= 4 is 46.8 Å². The van der Waals surface area contributed by atoms with Crippen LogP contribution in [0.4, 0.5) is 43.9 Å². The summed E-state index contributed by atoms with van der Waals surface area (Å²) in [5.74, 6) is -8.43. The van der Waals surface area contributed by atoms with Crippen LogP contribution in [-0.2, 0) is 11.0 Å². The molecule has 15 heteroatoms. The largest absolute Gasteiger partial charge is 0.417 e. The Labute approximate surface area is 243 Å². The number of rotatable bonds is 9. The highest BCUT2D eigenvalue weighted by Gasteiger charge is 2.41. The van der Waals surface area contributed by atoms with E-state index in [9.17, 15) is 49.1 Å². The Kier molecular flexibility index (Phi) is 11.3. The van der Waals surface area contributed by atoms with Crippen molar-refractivity contribution in [1.29, 1.82) is 0 Å². The molecule has 0 saturated carbocycles. The summed E-state index contributed by atoms with van der Waals surface area (Å²) in [5, 5.41) is 1.12. The van der Waals surface area contributed by atoms with Crippen LogP contribution in [0.15, 0.2) is 42.5 Å². The molecule has 2 aromatic carbocycles. The normalized spacial score (nSPS) is 14.7. The smallest absolute Gasteiger partial charge is 0.347 e. The third kappa shape index (κ3) is 9.48. The first-order chi connectivity index (χ1) is 19.2. The monoisotopic (exact) mass is 651 g/mol. The first-order valence-electron chi connectivity index (χ1n) is 11.8. The molecule has 0 aliphatic rings. The highest BCUT2D eigenvalue weighted by molar-refractivity contribution is 6.37. The molecule has 0 aliphatic heterocycles. The lowest BCUT2D eigenvalue weighted by Crippen LogP contribution is -2.37. The van der Waals surface area contributed by atoms with Crippen molar-refractivity contribution in [2.45, 2.75) is 44.7 Å². The van der Waals surface area contributed by atoms with Gasteiger partial charge >= 0.3 is 18.5 Å². The molecule has 0 bridgehead atoms. The average molecular weight is 652 g/mol. The number of Topliss-reactive ketones (excluding diaryl/α,β-unsaturated/α-hetero) is 1. The molecule has 2 atom stereocenters. The van der Waals surface area contributed by atoms with Gasteiger partial charge in [-0.15, -0.1) is 0 Å². The first-order valence-corrected chi connectivity index (χ1v) is 12.6. The van der Waals surface area contributed by atoms with E-state index in [1.165, 1.54) is 17.5 Å². The molecule has 0 radical (unpaired) electrons. The number of benzene rings is 2. The molecule has 0 fully saturated rings. The molecule has 0 aromatic heterocycles. The Balaban J connectivity index is 2.48. The molecule has 3 nitrogen and oxygen atoms in total. The zero-order valence-electron chi connectivity index (χ0n) is 21.5. The lowest BCUT2D eigenvalue weighted by atomic mass is 9.92. The van der Waals surface area contributed by atoms with E-state index in [1.807, 2.05) is 0 Å². The summed E-state index contributed by atoms with van der Waals surface area (Å²) in [6, 6.07) is 3.04. The number of nitrogens with one attached hydrogen (secondary N) is 1. The Morgan fingerprint density at radius 1 is 0.952 bits per heavy atom. The highest BCUT2D eigenvalue weighted by atomic mass is 35.5. The summed E-state index contributed by atoms with van der Waals surface area (Å²) >= 11 is 12.0. The maximum Gasteiger partial charge on any atom is 0.417 e. The maximum absolute atomic E-state index is 15.1. The number of carbonyl (C=O) groups is 2. The molecular formula is C27H21Cl2F10NO2. The zero-order chi connectivity index (χ0) is 32.2. The van der Waals surface area contributed by atoms with E-state index in [-0.39, 0.29) is 27.8 Å². The Bertz CT molecular complexity index is 1360. The molecular weight excluding hydrogens is 631 g/mol. The van der Waals surface area contributed by atoms with Gasteiger partial charge in [0.05, 0.1) is 5.56 Å². The second-order valence-corrected chi connectivity index (χ2v) is 9.87. The SMILES string of the molecule is C/C=C/c1c(Cl)cc(C(/C=C(\F)c2ccc(C(=O)C[C@H](C)C(=O)NCC(F)(F)F)c(C(F)(F)F)c2)C(F)(F)F)cc1Cl. The van der Waals surface area contributed by atoms with E-state index in [0.29, 0.717) is 12.1 Å². The lowest BCUT2D eigenvalue weighted by Gasteiger charge is -2.20. The summed E-state index contributed by atoms with van der Waals surface area (Å²) in [7, 11) is 0. The fraction of sp³-hybridized carbons (Fsp3) is 0.333. The Morgan fingerprint density at radius 3 is 2.00 bits per heavy atom. The average Bonchev–Trinajstić information content (AvgIpc) is 2.85. The predicted molar refractivity (Wildman–Crippen MR) is 138 cm³/mol. The Hall–Kier alpha value is -3.06. The molecule has 0 saturated heterocycles. The molecule has 2 rings (SSSR count). The minimum absolute atomic E-state index is 0.0291. The van der Waals surface area contributed by atoms with Crippen LogP contribution in [0, 0.1) is 5.92 Å². The second-order valence-electron chi connectivity index (χ2n) is 9.05. The standard InChI is InChI=1S/C27H21Cl2F10NO2/c1-3-4-17-20(28)9-15(10-21(17)29)18(26(34,35)36)11-22(30)14-5-6-16(19(8-14)27(37,38)39)23(41)7-13(2)24(42)40-12-25(31,32)33/h3-6,8-11,13,18H,7,12H2,1-2H3,(H,40,42)/b4-3+,22-11-/t13-,18?/m0/s1. The van der Waals surface area contributed by atoms with Crippen molar-refractivity contribution < 1.29 is 53.5 Å². The van der Waals surface area contributed by atoms with Crippen molar-refractivity contribution in [2.75, 3.05) is 6.54 Å². The predicted octanol–water partition coefficient (Wildman–Crippen LogP) is 9.59. The minimum atomic E-state index is -5.30. The second kappa shape index (κ2) is 13.5. The van der Waals surface area contributed by atoms with Gasteiger partial charge in [-0.2, -0.15) is 39.5 Å². The molecule has 0 spiro atoms.